The van der Waals surface area contributed by atoms with Crippen molar-refractivity contribution >= 4 is 46.4 Å². The standard InChI is InChI=1S/C21H20ClNO3S/c1-5-27-19-18(15-8-6-12(2)10-13(15)3)20(24)23(21(19)25)16-11-14(22)7-9-17(16)26-4/h6-11H,5H2,1-4H3. The fraction of sp³-hybridized carbons (Fsp3) is 0.238. The van der Waals surface area contributed by atoms with Crippen LogP contribution in [0.4, 0.5) is 5.69 Å². The van der Waals surface area contributed by atoms with Gasteiger partial charge in [-0.3, -0.25) is 9.59 Å². The van der Waals surface area contributed by atoms with E-state index < -0.39 is 0 Å². The highest BCUT2D eigenvalue weighted by atomic mass is 35.5. The van der Waals surface area contributed by atoms with Gasteiger partial charge < -0.3 is 4.74 Å². The van der Waals surface area contributed by atoms with Gasteiger partial charge in [-0.2, -0.15) is 0 Å². The van der Waals surface area contributed by atoms with Crippen LogP contribution in [0.3, 0.4) is 0 Å². The molecule has 0 fully saturated rings. The quantitative estimate of drug-likeness (QED) is 0.661. The van der Waals surface area contributed by atoms with Crippen LogP contribution >= 0.6 is 23.4 Å². The van der Waals surface area contributed by atoms with Crippen LogP contribution in [0.1, 0.15) is 23.6 Å². The summed E-state index contributed by atoms with van der Waals surface area (Å²) in [6.45, 7) is 5.90. The van der Waals surface area contributed by atoms with Crippen LogP contribution in [-0.2, 0) is 9.59 Å². The van der Waals surface area contributed by atoms with Crippen LogP contribution in [0.15, 0.2) is 41.3 Å². The average molecular weight is 402 g/mol. The summed E-state index contributed by atoms with van der Waals surface area (Å²) in [7, 11) is 1.50. The van der Waals surface area contributed by atoms with Crippen LogP contribution < -0.4 is 9.64 Å². The Morgan fingerprint density at radius 3 is 2.44 bits per heavy atom. The second-order valence-corrected chi connectivity index (χ2v) is 7.93. The van der Waals surface area contributed by atoms with E-state index in [1.165, 1.54) is 18.9 Å². The molecular weight excluding hydrogens is 382 g/mol. The number of aryl methyl sites for hydroxylation is 2. The molecule has 2 aromatic carbocycles. The third-order valence-corrected chi connectivity index (χ3v) is 5.55. The molecule has 0 spiro atoms. The molecule has 0 radical (unpaired) electrons. The number of methoxy groups -OCH3 is 1. The van der Waals surface area contributed by atoms with Gasteiger partial charge in [0, 0.05) is 5.02 Å². The summed E-state index contributed by atoms with van der Waals surface area (Å²) in [4.78, 5) is 28.1. The van der Waals surface area contributed by atoms with Gasteiger partial charge >= 0.3 is 0 Å². The van der Waals surface area contributed by atoms with E-state index >= 15 is 0 Å². The second-order valence-electron chi connectivity index (χ2n) is 6.22. The molecule has 0 saturated heterocycles. The van der Waals surface area contributed by atoms with E-state index in [1.54, 1.807) is 18.2 Å². The van der Waals surface area contributed by atoms with Crippen LogP contribution in [0.5, 0.6) is 5.75 Å². The highest BCUT2D eigenvalue weighted by molar-refractivity contribution is 8.04. The Morgan fingerprint density at radius 2 is 1.81 bits per heavy atom. The van der Waals surface area contributed by atoms with Crippen LogP contribution in [-0.4, -0.2) is 24.7 Å². The number of thioether (sulfide) groups is 1. The minimum atomic E-state index is -0.358. The molecule has 0 atom stereocenters. The van der Waals surface area contributed by atoms with Crippen molar-refractivity contribution in [3.05, 3.63) is 63.0 Å². The molecule has 1 heterocycles. The molecule has 2 aromatic rings. The van der Waals surface area contributed by atoms with Gasteiger partial charge in [-0.05, 0) is 48.9 Å². The first-order valence-electron chi connectivity index (χ1n) is 8.56. The molecule has 6 heteroatoms. The second kappa shape index (κ2) is 7.79. The predicted molar refractivity (Wildman–Crippen MR) is 111 cm³/mol. The molecule has 0 bridgehead atoms. The number of imide groups is 1. The lowest BCUT2D eigenvalue weighted by molar-refractivity contribution is -0.119. The molecule has 140 valence electrons. The highest BCUT2D eigenvalue weighted by Gasteiger charge is 2.41. The van der Waals surface area contributed by atoms with Crippen molar-refractivity contribution in [3.8, 4) is 5.75 Å². The minimum absolute atomic E-state index is 0.345. The number of hydrogen-bond donors (Lipinski definition) is 0. The van der Waals surface area contributed by atoms with Crippen molar-refractivity contribution < 1.29 is 14.3 Å². The number of carbonyl (C=O) groups excluding carboxylic acids is 2. The summed E-state index contributed by atoms with van der Waals surface area (Å²) >= 11 is 7.49. The highest BCUT2D eigenvalue weighted by Crippen LogP contribution is 2.42. The summed E-state index contributed by atoms with van der Waals surface area (Å²) in [5.74, 6) is 0.401. The molecule has 27 heavy (non-hydrogen) atoms. The number of halogens is 1. The fourth-order valence-corrected chi connectivity index (χ4v) is 4.19. The number of anilines is 1. The van der Waals surface area contributed by atoms with E-state index in [0.29, 0.717) is 32.7 Å². The number of nitrogens with zero attached hydrogens (tertiary/aromatic N) is 1. The maximum absolute atomic E-state index is 13.4. The fourth-order valence-electron chi connectivity index (χ4n) is 3.18. The van der Waals surface area contributed by atoms with Crippen molar-refractivity contribution in [1.82, 2.24) is 0 Å². The maximum Gasteiger partial charge on any atom is 0.272 e. The number of hydrogen-bond acceptors (Lipinski definition) is 4. The van der Waals surface area contributed by atoms with Gasteiger partial charge in [0.25, 0.3) is 11.8 Å². The molecular formula is C21H20ClNO3S. The number of amides is 2. The Kier molecular flexibility index (Phi) is 5.63. The molecule has 2 amide bonds. The first-order valence-corrected chi connectivity index (χ1v) is 9.92. The first-order chi connectivity index (χ1) is 12.9. The Labute approximate surface area is 168 Å². The zero-order chi connectivity index (χ0) is 19.7. The monoisotopic (exact) mass is 401 g/mol. The number of rotatable bonds is 5. The molecule has 0 N–H and O–H groups in total. The SMILES string of the molecule is CCSC1=C(c2ccc(C)cc2C)C(=O)N(c2cc(Cl)ccc2OC)C1=O. The normalized spacial score (nSPS) is 14.3. The molecule has 0 unspecified atom stereocenters. The number of benzene rings is 2. The molecule has 0 aliphatic carbocycles. The molecule has 0 saturated carbocycles. The smallest absolute Gasteiger partial charge is 0.272 e. The molecule has 3 rings (SSSR count). The molecule has 1 aliphatic heterocycles. The van der Waals surface area contributed by atoms with Crippen molar-refractivity contribution in [3.63, 3.8) is 0 Å². The van der Waals surface area contributed by atoms with Crippen molar-refractivity contribution in [2.75, 3.05) is 17.8 Å². The lowest BCUT2D eigenvalue weighted by Gasteiger charge is -2.18. The summed E-state index contributed by atoms with van der Waals surface area (Å²) in [6.07, 6.45) is 0. The van der Waals surface area contributed by atoms with E-state index in [9.17, 15) is 9.59 Å². The summed E-state index contributed by atoms with van der Waals surface area (Å²) < 4.78 is 5.35. The van der Waals surface area contributed by atoms with E-state index in [2.05, 4.69) is 0 Å². The lowest BCUT2D eigenvalue weighted by atomic mass is 9.98. The molecule has 0 aromatic heterocycles. The van der Waals surface area contributed by atoms with Crippen molar-refractivity contribution in [2.45, 2.75) is 20.8 Å². The van der Waals surface area contributed by atoms with Crippen LogP contribution in [0.25, 0.3) is 5.57 Å². The van der Waals surface area contributed by atoms with E-state index in [0.717, 1.165) is 21.6 Å². The number of ether oxygens (including phenoxy) is 1. The Balaban J connectivity index is 2.18. The summed E-state index contributed by atoms with van der Waals surface area (Å²) in [5.41, 5.74) is 3.63. The maximum atomic E-state index is 13.4. The Bertz CT molecular complexity index is 968. The first kappa shape index (κ1) is 19.5. The summed E-state index contributed by atoms with van der Waals surface area (Å²) in [5, 5.41) is 0.427. The van der Waals surface area contributed by atoms with Gasteiger partial charge in [0.1, 0.15) is 5.75 Å². The lowest BCUT2D eigenvalue weighted by Crippen LogP contribution is -2.31. The predicted octanol–water partition coefficient (Wildman–Crippen LogP) is 5.00. The number of carbonyl (C=O) groups is 2. The van der Waals surface area contributed by atoms with E-state index in [1.807, 2.05) is 39.0 Å². The van der Waals surface area contributed by atoms with Gasteiger partial charge in [-0.1, -0.05) is 42.3 Å². The largest absolute Gasteiger partial charge is 0.495 e. The van der Waals surface area contributed by atoms with Gasteiger partial charge in [0.05, 0.1) is 23.3 Å². The van der Waals surface area contributed by atoms with Gasteiger partial charge in [-0.25, -0.2) is 4.90 Å². The van der Waals surface area contributed by atoms with Gasteiger partial charge in [0.2, 0.25) is 0 Å². The Hall–Kier alpha value is -2.24. The zero-order valence-corrected chi connectivity index (χ0v) is 17.2. The van der Waals surface area contributed by atoms with Crippen LogP contribution in [0, 0.1) is 13.8 Å². The topological polar surface area (TPSA) is 46.6 Å². The third-order valence-electron chi connectivity index (χ3n) is 4.36. The van der Waals surface area contributed by atoms with E-state index in [-0.39, 0.29) is 11.8 Å². The third kappa shape index (κ3) is 3.49. The Morgan fingerprint density at radius 1 is 1.07 bits per heavy atom. The molecule has 1 aliphatic rings. The molecule has 4 nitrogen and oxygen atoms in total. The van der Waals surface area contributed by atoms with Crippen LogP contribution in [0.2, 0.25) is 5.02 Å². The van der Waals surface area contributed by atoms with Crippen molar-refractivity contribution in [2.24, 2.45) is 0 Å². The minimum Gasteiger partial charge on any atom is -0.495 e. The van der Waals surface area contributed by atoms with E-state index in [4.69, 9.17) is 16.3 Å². The van der Waals surface area contributed by atoms with Gasteiger partial charge in [0.15, 0.2) is 0 Å². The van der Waals surface area contributed by atoms with Crippen molar-refractivity contribution in [1.29, 1.82) is 0 Å². The summed E-state index contributed by atoms with van der Waals surface area (Å²) in [6, 6.07) is 10.8. The van der Waals surface area contributed by atoms with Gasteiger partial charge in [-0.15, -0.1) is 11.8 Å². The zero-order valence-electron chi connectivity index (χ0n) is 15.6. The average Bonchev–Trinajstić information content (AvgIpc) is 2.86.